The lowest BCUT2D eigenvalue weighted by atomic mass is 10.3. The van der Waals surface area contributed by atoms with E-state index in [9.17, 15) is 4.79 Å². The van der Waals surface area contributed by atoms with Crippen LogP contribution in [0, 0.1) is 0 Å². The molecule has 2 aromatic carbocycles. The Hall–Kier alpha value is -2.29. The van der Waals surface area contributed by atoms with Gasteiger partial charge < -0.3 is 14.8 Å². The second-order valence-corrected chi connectivity index (χ2v) is 3.49. The molecule has 0 bridgehead atoms. The lowest BCUT2D eigenvalue weighted by Gasteiger charge is -2.06. The van der Waals surface area contributed by atoms with Crippen molar-refractivity contribution in [1.82, 2.24) is 0 Å². The lowest BCUT2D eigenvalue weighted by molar-refractivity contribution is -0.106. The molecule has 0 heterocycles. The van der Waals surface area contributed by atoms with E-state index in [2.05, 4.69) is 5.32 Å². The van der Waals surface area contributed by atoms with Crippen LogP contribution in [0.3, 0.4) is 0 Å². The summed E-state index contributed by atoms with van der Waals surface area (Å²) in [7, 11) is 0. The Labute approximate surface area is 100 Å². The molecule has 0 aliphatic carbocycles. The first kappa shape index (κ1) is 11.2. The summed E-state index contributed by atoms with van der Waals surface area (Å²) in [4.78, 5) is 10.2. The van der Waals surface area contributed by atoms with Gasteiger partial charge in [0.25, 0.3) is 0 Å². The van der Waals surface area contributed by atoms with Crippen molar-refractivity contribution in [2.75, 3.05) is 11.9 Å². The minimum absolute atomic E-state index is 0.318. The highest BCUT2D eigenvalue weighted by Gasteiger charge is 1.96. The van der Waals surface area contributed by atoms with Gasteiger partial charge in [-0.15, -0.1) is 0 Å². The van der Waals surface area contributed by atoms with Crippen LogP contribution >= 0.6 is 0 Å². The summed E-state index contributed by atoms with van der Waals surface area (Å²) in [6.45, 7) is 0.318. The Kier molecular flexibility index (Phi) is 3.76. The number of nitrogens with one attached hydrogen (secondary N) is 1. The van der Waals surface area contributed by atoms with E-state index in [0.29, 0.717) is 6.54 Å². The maximum Gasteiger partial charge on any atom is 0.139 e. The van der Waals surface area contributed by atoms with Gasteiger partial charge in [-0.05, 0) is 36.4 Å². The van der Waals surface area contributed by atoms with Gasteiger partial charge in [-0.2, -0.15) is 0 Å². The minimum atomic E-state index is 0.318. The first-order chi connectivity index (χ1) is 8.38. The molecule has 0 aliphatic rings. The average molecular weight is 227 g/mol. The van der Waals surface area contributed by atoms with Gasteiger partial charge in [0.15, 0.2) is 0 Å². The van der Waals surface area contributed by atoms with Crippen LogP contribution < -0.4 is 10.1 Å². The second kappa shape index (κ2) is 5.70. The molecule has 86 valence electrons. The summed E-state index contributed by atoms with van der Waals surface area (Å²) in [5.74, 6) is 1.58. The summed E-state index contributed by atoms with van der Waals surface area (Å²) in [6, 6.07) is 17.1. The van der Waals surface area contributed by atoms with Crippen LogP contribution in [0.25, 0.3) is 0 Å². The van der Waals surface area contributed by atoms with Crippen LogP contribution in [0.15, 0.2) is 54.6 Å². The van der Waals surface area contributed by atoms with Crippen LogP contribution in [0.2, 0.25) is 0 Å². The van der Waals surface area contributed by atoms with Gasteiger partial charge in [0, 0.05) is 5.69 Å². The van der Waals surface area contributed by atoms with Crippen molar-refractivity contribution >= 4 is 12.0 Å². The molecule has 1 N–H and O–H groups in total. The lowest BCUT2D eigenvalue weighted by Crippen LogP contribution is -2.01. The predicted molar refractivity (Wildman–Crippen MR) is 67.5 cm³/mol. The van der Waals surface area contributed by atoms with Crippen molar-refractivity contribution in [1.29, 1.82) is 0 Å². The van der Waals surface area contributed by atoms with Gasteiger partial charge in [-0.1, -0.05) is 18.2 Å². The fourth-order valence-electron chi connectivity index (χ4n) is 1.42. The Balaban J connectivity index is 2.01. The number of carbonyl (C=O) groups excluding carboxylic acids is 1. The van der Waals surface area contributed by atoms with Gasteiger partial charge in [0.2, 0.25) is 0 Å². The molecule has 17 heavy (non-hydrogen) atoms. The van der Waals surface area contributed by atoms with E-state index in [4.69, 9.17) is 4.74 Å². The number of ether oxygens (including phenoxy) is 1. The van der Waals surface area contributed by atoms with E-state index in [1.54, 1.807) is 0 Å². The molecule has 0 radical (unpaired) electrons. The van der Waals surface area contributed by atoms with Crippen molar-refractivity contribution in [2.45, 2.75) is 0 Å². The molecule has 0 aromatic heterocycles. The molecule has 3 heteroatoms. The fourth-order valence-corrected chi connectivity index (χ4v) is 1.42. The SMILES string of the molecule is O=CCNc1ccc(Oc2ccccc2)cc1. The maximum absolute atomic E-state index is 10.2. The van der Waals surface area contributed by atoms with E-state index in [-0.39, 0.29) is 0 Å². The van der Waals surface area contributed by atoms with Crippen molar-refractivity contribution in [3.8, 4) is 11.5 Å². The molecule has 0 spiro atoms. The number of anilines is 1. The Morgan fingerprint density at radius 2 is 1.59 bits per heavy atom. The summed E-state index contributed by atoms with van der Waals surface area (Å²) in [5, 5.41) is 2.96. The molecule has 2 aromatic rings. The van der Waals surface area contributed by atoms with Crippen LogP contribution in [-0.4, -0.2) is 12.8 Å². The molecule has 0 aliphatic heterocycles. The van der Waals surface area contributed by atoms with Crippen LogP contribution in [0.5, 0.6) is 11.5 Å². The molecule has 3 nitrogen and oxygen atoms in total. The fraction of sp³-hybridized carbons (Fsp3) is 0.0714. The standard InChI is InChI=1S/C14H13NO2/c16-11-10-15-12-6-8-14(9-7-12)17-13-4-2-1-3-5-13/h1-9,11,15H,10H2. The highest BCUT2D eigenvalue weighted by atomic mass is 16.5. The number of rotatable bonds is 5. The van der Waals surface area contributed by atoms with Gasteiger partial charge in [-0.3, -0.25) is 0 Å². The van der Waals surface area contributed by atoms with Gasteiger partial charge in [0.1, 0.15) is 17.8 Å². The first-order valence-electron chi connectivity index (χ1n) is 5.39. The topological polar surface area (TPSA) is 38.3 Å². The van der Waals surface area contributed by atoms with Gasteiger partial charge in [0.05, 0.1) is 6.54 Å². The third-order valence-corrected chi connectivity index (χ3v) is 2.22. The third-order valence-electron chi connectivity index (χ3n) is 2.22. The summed E-state index contributed by atoms with van der Waals surface area (Å²) >= 11 is 0. The molecule has 0 saturated heterocycles. The Morgan fingerprint density at radius 1 is 0.941 bits per heavy atom. The molecule has 0 atom stereocenters. The zero-order valence-electron chi connectivity index (χ0n) is 9.30. The number of benzene rings is 2. The largest absolute Gasteiger partial charge is 0.457 e. The molecule has 0 fully saturated rings. The monoisotopic (exact) mass is 227 g/mol. The maximum atomic E-state index is 10.2. The van der Waals surface area contributed by atoms with Crippen LogP contribution in [0.1, 0.15) is 0 Å². The second-order valence-electron chi connectivity index (χ2n) is 3.49. The van der Waals surface area contributed by atoms with Gasteiger partial charge >= 0.3 is 0 Å². The van der Waals surface area contributed by atoms with E-state index in [0.717, 1.165) is 23.5 Å². The molecule has 0 unspecified atom stereocenters. The molecule has 0 saturated carbocycles. The number of hydrogen-bond donors (Lipinski definition) is 1. The van der Waals surface area contributed by atoms with E-state index in [1.165, 1.54) is 0 Å². The predicted octanol–water partition coefficient (Wildman–Crippen LogP) is 3.09. The minimum Gasteiger partial charge on any atom is -0.457 e. The highest BCUT2D eigenvalue weighted by molar-refractivity contribution is 5.59. The van der Waals surface area contributed by atoms with Gasteiger partial charge in [-0.25, -0.2) is 0 Å². The molecule has 2 rings (SSSR count). The number of carbonyl (C=O) groups is 1. The van der Waals surface area contributed by atoms with Crippen LogP contribution in [-0.2, 0) is 4.79 Å². The number of para-hydroxylation sites is 1. The normalized spacial score (nSPS) is 9.65. The number of aldehydes is 1. The van der Waals surface area contributed by atoms with Crippen molar-refractivity contribution in [2.24, 2.45) is 0 Å². The zero-order valence-corrected chi connectivity index (χ0v) is 9.30. The van der Waals surface area contributed by atoms with E-state index in [1.807, 2.05) is 54.6 Å². The molecular weight excluding hydrogens is 214 g/mol. The summed E-state index contributed by atoms with van der Waals surface area (Å²) in [6.07, 6.45) is 0.828. The molecular formula is C14H13NO2. The first-order valence-corrected chi connectivity index (χ1v) is 5.39. The quantitative estimate of drug-likeness (QED) is 0.798. The average Bonchev–Trinajstić information content (AvgIpc) is 2.39. The van der Waals surface area contributed by atoms with Crippen molar-refractivity contribution in [3.05, 3.63) is 54.6 Å². The Morgan fingerprint density at radius 3 is 2.24 bits per heavy atom. The van der Waals surface area contributed by atoms with E-state index < -0.39 is 0 Å². The van der Waals surface area contributed by atoms with Crippen LogP contribution in [0.4, 0.5) is 5.69 Å². The number of hydrogen-bond acceptors (Lipinski definition) is 3. The summed E-state index contributed by atoms with van der Waals surface area (Å²) in [5.41, 5.74) is 0.900. The van der Waals surface area contributed by atoms with Crippen molar-refractivity contribution in [3.63, 3.8) is 0 Å². The third kappa shape index (κ3) is 3.34. The van der Waals surface area contributed by atoms with E-state index >= 15 is 0 Å². The van der Waals surface area contributed by atoms with Crippen molar-refractivity contribution < 1.29 is 9.53 Å². The molecule has 0 amide bonds. The smallest absolute Gasteiger partial charge is 0.139 e. The Bertz CT molecular complexity index is 465. The summed E-state index contributed by atoms with van der Waals surface area (Å²) < 4.78 is 5.64. The zero-order chi connectivity index (χ0) is 11.9. The highest BCUT2D eigenvalue weighted by Crippen LogP contribution is 2.22.